The topological polar surface area (TPSA) is 122 Å². The number of urea groups is 1. The van der Waals surface area contributed by atoms with Gasteiger partial charge < -0.3 is 14.6 Å². The van der Waals surface area contributed by atoms with E-state index in [9.17, 15) is 24.3 Å². The first-order valence-electron chi connectivity index (χ1n) is 9.69. The van der Waals surface area contributed by atoms with Gasteiger partial charge in [0.2, 0.25) is 0 Å². The number of nitrogens with one attached hydrogen (secondary N) is 1. The molecule has 0 saturated carbocycles. The molecular weight excluding hydrogens is 416 g/mol. The highest BCUT2D eigenvalue weighted by Crippen LogP contribution is 2.34. The number of nitrogens with zero attached hydrogens (tertiary/aromatic N) is 1. The fourth-order valence-electron chi connectivity index (χ4n) is 3.17. The molecule has 0 unspecified atom stereocenters. The van der Waals surface area contributed by atoms with Gasteiger partial charge in [0.1, 0.15) is 5.57 Å². The number of para-hydroxylation sites is 1. The van der Waals surface area contributed by atoms with E-state index in [4.69, 9.17) is 9.47 Å². The number of rotatable bonds is 6. The predicted molar refractivity (Wildman–Crippen MR) is 116 cm³/mol. The van der Waals surface area contributed by atoms with Gasteiger partial charge in [-0.25, -0.2) is 14.5 Å². The van der Waals surface area contributed by atoms with Crippen molar-refractivity contribution in [2.75, 3.05) is 12.0 Å². The summed E-state index contributed by atoms with van der Waals surface area (Å²) >= 11 is 0. The molecule has 1 saturated heterocycles. The van der Waals surface area contributed by atoms with E-state index < -0.39 is 29.9 Å². The Morgan fingerprint density at radius 3 is 2.47 bits per heavy atom. The Kier molecular flexibility index (Phi) is 6.29. The number of carboxylic acids is 1. The molecule has 4 amide bonds. The summed E-state index contributed by atoms with van der Waals surface area (Å²) in [4.78, 5) is 50.4. The molecule has 32 heavy (non-hydrogen) atoms. The van der Waals surface area contributed by atoms with E-state index in [1.54, 1.807) is 37.3 Å². The average Bonchev–Trinajstić information content (AvgIpc) is 2.74. The van der Waals surface area contributed by atoms with Crippen molar-refractivity contribution in [3.8, 4) is 11.5 Å². The zero-order chi connectivity index (χ0) is 23.6. The number of benzene rings is 2. The second-order valence-corrected chi connectivity index (χ2v) is 7.15. The van der Waals surface area contributed by atoms with Crippen LogP contribution >= 0.6 is 0 Å². The number of barbiturate groups is 1. The summed E-state index contributed by atoms with van der Waals surface area (Å²) in [5.74, 6) is -2.62. The molecule has 0 aromatic heterocycles. The number of carbonyl (C=O) groups excluding carboxylic acids is 3. The van der Waals surface area contributed by atoms with Crippen LogP contribution in [0.15, 0.2) is 42.0 Å². The van der Waals surface area contributed by atoms with E-state index in [0.717, 1.165) is 10.5 Å². The number of ether oxygens (including phenoxy) is 2. The molecule has 0 aliphatic carbocycles. The van der Waals surface area contributed by atoms with Crippen molar-refractivity contribution in [2.24, 2.45) is 0 Å². The maximum atomic E-state index is 13.2. The first-order valence-corrected chi connectivity index (χ1v) is 9.69. The van der Waals surface area contributed by atoms with E-state index in [1.807, 2.05) is 13.0 Å². The molecule has 1 aliphatic heterocycles. The highest BCUT2D eigenvalue weighted by molar-refractivity contribution is 6.39. The second-order valence-electron chi connectivity index (χ2n) is 7.15. The Morgan fingerprint density at radius 2 is 1.81 bits per heavy atom. The minimum atomic E-state index is -1.22. The minimum absolute atomic E-state index is 0.0492. The third-order valence-corrected chi connectivity index (χ3v) is 5.09. The number of hydrogen-bond acceptors (Lipinski definition) is 6. The van der Waals surface area contributed by atoms with Crippen molar-refractivity contribution >= 4 is 35.6 Å². The predicted octanol–water partition coefficient (Wildman–Crippen LogP) is 2.83. The van der Waals surface area contributed by atoms with Crippen LogP contribution in [0.3, 0.4) is 0 Å². The maximum Gasteiger partial charge on any atom is 0.344 e. The van der Waals surface area contributed by atoms with Gasteiger partial charge in [0.05, 0.1) is 12.8 Å². The minimum Gasteiger partial charge on any atom is -0.493 e. The summed E-state index contributed by atoms with van der Waals surface area (Å²) in [6.07, 6.45) is 0.0293. The van der Waals surface area contributed by atoms with Crippen LogP contribution in [0.1, 0.15) is 23.6 Å². The Labute approximate surface area is 184 Å². The summed E-state index contributed by atoms with van der Waals surface area (Å²) in [6, 6.07) is 9.01. The van der Waals surface area contributed by atoms with Gasteiger partial charge in [-0.1, -0.05) is 24.3 Å². The highest BCUT2D eigenvalue weighted by atomic mass is 16.5. The van der Waals surface area contributed by atoms with Crippen LogP contribution in [-0.2, 0) is 14.4 Å². The molecule has 1 aliphatic rings. The monoisotopic (exact) mass is 438 g/mol. The molecule has 166 valence electrons. The van der Waals surface area contributed by atoms with Gasteiger partial charge in [0.25, 0.3) is 11.8 Å². The average molecular weight is 438 g/mol. The molecule has 1 fully saturated rings. The van der Waals surface area contributed by atoms with Crippen molar-refractivity contribution < 1.29 is 33.8 Å². The molecule has 3 rings (SSSR count). The number of aliphatic carboxylic acids is 1. The lowest BCUT2D eigenvalue weighted by Gasteiger charge is -2.28. The van der Waals surface area contributed by atoms with Crippen LogP contribution in [0.5, 0.6) is 11.5 Å². The van der Waals surface area contributed by atoms with Crippen LogP contribution in [0.2, 0.25) is 0 Å². The van der Waals surface area contributed by atoms with Gasteiger partial charge in [0, 0.05) is 5.56 Å². The molecule has 1 heterocycles. The van der Waals surface area contributed by atoms with Crippen molar-refractivity contribution in [3.63, 3.8) is 0 Å². The Hall–Kier alpha value is -4.14. The van der Waals surface area contributed by atoms with Crippen molar-refractivity contribution in [3.05, 3.63) is 58.7 Å². The summed E-state index contributed by atoms with van der Waals surface area (Å²) < 4.78 is 10.8. The van der Waals surface area contributed by atoms with Crippen LogP contribution in [0, 0.1) is 13.8 Å². The molecule has 9 heteroatoms. The first-order chi connectivity index (χ1) is 15.1. The number of carbonyl (C=O) groups is 4. The lowest BCUT2D eigenvalue weighted by molar-refractivity contribution is -0.144. The van der Waals surface area contributed by atoms with E-state index >= 15 is 0 Å². The van der Waals surface area contributed by atoms with Gasteiger partial charge >= 0.3 is 12.0 Å². The third-order valence-electron chi connectivity index (χ3n) is 5.09. The van der Waals surface area contributed by atoms with Crippen molar-refractivity contribution in [1.82, 2.24) is 5.32 Å². The molecule has 1 atom stereocenters. The standard InChI is InChI=1S/C23H22N2O7/c1-12-7-5-9-17(13(12)2)25-21(27)16(20(26)24-23(25)30)11-15-8-6-10-18(31-4)19(15)32-14(3)22(28)29/h5-11,14H,1-4H3,(H,28,29)(H,24,26,30)/b16-11+/t14-/m1/s1. The highest BCUT2D eigenvalue weighted by Gasteiger charge is 2.38. The summed E-state index contributed by atoms with van der Waals surface area (Å²) in [5.41, 5.74) is 1.87. The van der Waals surface area contributed by atoms with Gasteiger partial charge in [-0.05, 0) is 50.1 Å². The molecule has 2 aromatic rings. The number of carboxylic acid groups (broad SMARTS) is 1. The van der Waals surface area contributed by atoms with Gasteiger partial charge in [-0.15, -0.1) is 0 Å². The molecule has 0 spiro atoms. The summed E-state index contributed by atoms with van der Waals surface area (Å²) in [5, 5.41) is 11.4. The molecule has 2 N–H and O–H groups in total. The van der Waals surface area contributed by atoms with Crippen molar-refractivity contribution in [2.45, 2.75) is 26.9 Å². The molecule has 0 radical (unpaired) electrons. The Bertz CT molecular complexity index is 1150. The fourth-order valence-corrected chi connectivity index (χ4v) is 3.17. The smallest absolute Gasteiger partial charge is 0.344 e. The summed E-state index contributed by atoms with van der Waals surface area (Å²) in [7, 11) is 1.38. The fraction of sp³-hybridized carbons (Fsp3) is 0.217. The van der Waals surface area contributed by atoms with Crippen LogP contribution < -0.4 is 19.7 Å². The third kappa shape index (κ3) is 4.18. The van der Waals surface area contributed by atoms with E-state index in [0.29, 0.717) is 11.3 Å². The Morgan fingerprint density at radius 1 is 1.12 bits per heavy atom. The van der Waals surface area contributed by atoms with E-state index in [-0.39, 0.29) is 22.6 Å². The van der Waals surface area contributed by atoms with Crippen LogP contribution in [-0.4, -0.2) is 42.1 Å². The molecule has 2 aromatic carbocycles. The number of amides is 4. The van der Waals surface area contributed by atoms with E-state index in [2.05, 4.69) is 5.32 Å². The number of hydrogen-bond donors (Lipinski definition) is 2. The van der Waals surface area contributed by atoms with Gasteiger partial charge in [-0.3, -0.25) is 14.9 Å². The Balaban J connectivity index is 2.10. The number of aryl methyl sites for hydroxylation is 1. The molecule has 9 nitrogen and oxygen atoms in total. The maximum absolute atomic E-state index is 13.2. The van der Waals surface area contributed by atoms with Crippen LogP contribution in [0.25, 0.3) is 6.08 Å². The van der Waals surface area contributed by atoms with Gasteiger partial charge in [-0.2, -0.15) is 0 Å². The molecule has 0 bridgehead atoms. The zero-order valence-electron chi connectivity index (χ0n) is 18.0. The van der Waals surface area contributed by atoms with Crippen molar-refractivity contribution in [1.29, 1.82) is 0 Å². The number of anilines is 1. The quantitative estimate of drug-likeness (QED) is 0.525. The molecular formula is C23H22N2O7. The first kappa shape index (κ1) is 22.5. The largest absolute Gasteiger partial charge is 0.493 e. The lowest BCUT2D eigenvalue weighted by Crippen LogP contribution is -2.54. The second kappa shape index (κ2) is 8.93. The van der Waals surface area contributed by atoms with E-state index in [1.165, 1.54) is 20.1 Å². The summed E-state index contributed by atoms with van der Waals surface area (Å²) in [6.45, 7) is 4.95. The number of imide groups is 2. The number of methoxy groups -OCH3 is 1. The van der Waals surface area contributed by atoms with Gasteiger partial charge in [0.15, 0.2) is 17.6 Å². The SMILES string of the molecule is COc1cccc(/C=C2\C(=O)NC(=O)N(c3cccc(C)c3C)C2=O)c1O[C@H](C)C(=O)O. The zero-order valence-corrected chi connectivity index (χ0v) is 18.0. The lowest BCUT2D eigenvalue weighted by atomic mass is 10.0. The normalized spacial score (nSPS) is 16.1. The van der Waals surface area contributed by atoms with Crippen LogP contribution in [0.4, 0.5) is 10.5 Å².